The second-order valence-corrected chi connectivity index (χ2v) is 3.51. The van der Waals surface area contributed by atoms with Crippen LogP contribution >= 0.6 is 0 Å². The van der Waals surface area contributed by atoms with Crippen molar-refractivity contribution in [2.45, 2.75) is 26.2 Å². The fourth-order valence-corrected chi connectivity index (χ4v) is 0.917. The lowest BCUT2D eigenvalue weighted by Crippen LogP contribution is -2.19. The van der Waals surface area contributed by atoms with Crippen LogP contribution in [0.5, 0.6) is 0 Å². The van der Waals surface area contributed by atoms with Crippen molar-refractivity contribution in [1.82, 2.24) is 0 Å². The molecule has 0 aliphatic heterocycles. The molecule has 102 valence electrons. The van der Waals surface area contributed by atoms with Crippen LogP contribution in [0.2, 0.25) is 0 Å². The van der Waals surface area contributed by atoms with Crippen molar-refractivity contribution in [1.29, 1.82) is 0 Å². The Morgan fingerprint density at radius 2 is 1.78 bits per heavy atom. The maximum absolute atomic E-state index is 11.3. The van der Waals surface area contributed by atoms with E-state index in [9.17, 15) is 14.4 Å². The highest BCUT2D eigenvalue weighted by molar-refractivity contribution is 5.94. The number of carbonyl (C=O) groups excluding carboxylic acids is 3. The lowest BCUT2D eigenvalue weighted by Gasteiger charge is -2.06. The third kappa shape index (κ3) is 7.43. The predicted molar refractivity (Wildman–Crippen MR) is 62.6 cm³/mol. The second kappa shape index (κ2) is 9.21. The molecule has 0 N–H and O–H groups in total. The molecule has 18 heavy (non-hydrogen) atoms. The van der Waals surface area contributed by atoms with Gasteiger partial charge >= 0.3 is 17.9 Å². The number of ether oxygens (including phenoxy) is 3. The molecule has 0 aliphatic carbocycles. The first kappa shape index (κ1) is 16.1. The summed E-state index contributed by atoms with van der Waals surface area (Å²) in [7, 11) is 1.20. The van der Waals surface area contributed by atoms with Gasteiger partial charge in [-0.05, 0) is 6.42 Å². The monoisotopic (exact) mass is 258 g/mol. The Morgan fingerprint density at radius 3 is 2.33 bits per heavy atom. The Hall–Kier alpha value is -1.85. The summed E-state index contributed by atoms with van der Waals surface area (Å²) in [4.78, 5) is 33.3. The number of methoxy groups -OCH3 is 1. The summed E-state index contributed by atoms with van der Waals surface area (Å²) in [5.41, 5.74) is -0.0665. The van der Waals surface area contributed by atoms with Gasteiger partial charge in [-0.15, -0.1) is 0 Å². The van der Waals surface area contributed by atoms with Gasteiger partial charge in [-0.25, -0.2) is 9.59 Å². The molecule has 0 bridgehead atoms. The predicted octanol–water partition coefficient (Wildman–Crippen LogP) is 0.992. The molecule has 0 unspecified atom stereocenters. The average Bonchev–Trinajstić information content (AvgIpc) is 2.35. The van der Waals surface area contributed by atoms with Gasteiger partial charge < -0.3 is 14.2 Å². The summed E-state index contributed by atoms with van der Waals surface area (Å²) in [6.07, 6.45) is 1.40. The van der Waals surface area contributed by atoms with Crippen LogP contribution in [-0.4, -0.2) is 38.2 Å². The van der Waals surface area contributed by atoms with Gasteiger partial charge in [0.25, 0.3) is 0 Å². The zero-order valence-electron chi connectivity index (χ0n) is 10.7. The van der Waals surface area contributed by atoms with Crippen molar-refractivity contribution in [2.24, 2.45) is 0 Å². The summed E-state index contributed by atoms with van der Waals surface area (Å²) in [5, 5.41) is 0. The Labute approximate surface area is 106 Å². The highest BCUT2D eigenvalue weighted by Gasteiger charge is 2.15. The topological polar surface area (TPSA) is 78.9 Å². The van der Waals surface area contributed by atoms with Crippen molar-refractivity contribution < 1.29 is 28.6 Å². The maximum atomic E-state index is 11.3. The fraction of sp³-hybridized carbons (Fsp3) is 0.583. The molecular weight excluding hydrogens is 240 g/mol. The highest BCUT2D eigenvalue weighted by Crippen LogP contribution is 2.02. The van der Waals surface area contributed by atoms with Gasteiger partial charge in [0.05, 0.1) is 20.1 Å². The molecule has 0 spiro atoms. The molecule has 0 amide bonds. The Bertz CT molecular complexity index is 321. The van der Waals surface area contributed by atoms with Crippen LogP contribution in [0.15, 0.2) is 12.2 Å². The number of hydrogen-bond donors (Lipinski definition) is 0. The highest BCUT2D eigenvalue weighted by atomic mass is 16.6. The minimum absolute atomic E-state index is 0.0665. The number of esters is 3. The lowest BCUT2D eigenvalue weighted by molar-refractivity contribution is -0.157. The van der Waals surface area contributed by atoms with E-state index >= 15 is 0 Å². The number of hydrogen-bond acceptors (Lipinski definition) is 6. The van der Waals surface area contributed by atoms with E-state index in [1.807, 2.05) is 6.92 Å². The lowest BCUT2D eigenvalue weighted by atomic mass is 10.2. The van der Waals surface area contributed by atoms with E-state index in [1.54, 1.807) is 0 Å². The summed E-state index contributed by atoms with van der Waals surface area (Å²) < 4.78 is 13.8. The van der Waals surface area contributed by atoms with E-state index in [1.165, 1.54) is 7.11 Å². The third-order valence-electron chi connectivity index (χ3n) is 1.96. The van der Waals surface area contributed by atoms with E-state index in [4.69, 9.17) is 4.74 Å². The molecule has 0 atom stereocenters. The van der Waals surface area contributed by atoms with Crippen LogP contribution in [0.3, 0.4) is 0 Å². The first-order valence-corrected chi connectivity index (χ1v) is 5.58. The third-order valence-corrected chi connectivity index (χ3v) is 1.96. The summed E-state index contributed by atoms with van der Waals surface area (Å²) in [6, 6.07) is 0. The van der Waals surface area contributed by atoms with Crippen LogP contribution in [-0.2, 0) is 28.6 Å². The molecule has 0 saturated carbocycles. The van der Waals surface area contributed by atoms with Crippen molar-refractivity contribution in [3.63, 3.8) is 0 Å². The number of unbranched alkanes of at least 4 members (excludes halogenated alkanes) is 1. The first-order chi connectivity index (χ1) is 8.51. The van der Waals surface area contributed by atoms with Gasteiger partial charge in [-0.1, -0.05) is 19.9 Å². The van der Waals surface area contributed by atoms with Gasteiger partial charge in [-0.3, -0.25) is 4.79 Å². The first-order valence-electron chi connectivity index (χ1n) is 5.58. The molecule has 0 rings (SSSR count). The van der Waals surface area contributed by atoms with Gasteiger partial charge in [0.15, 0.2) is 6.61 Å². The molecular formula is C12H18O6. The number of carbonyl (C=O) groups is 3. The zero-order chi connectivity index (χ0) is 14.0. The van der Waals surface area contributed by atoms with Gasteiger partial charge in [0, 0.05) is 5.57 Å². The summed E-state index contributed by atoms with van der Waals surface area (Å²) >= 11 is 0. The zero-order valence-corrected chi connectivity index (χ0v) is 10.7. The van der Waals surface area contributed by atoms with E-state index in [-0.39, 0.29) is 12.0 Å². The SMILES string of the molecule is C=C(CC(=O)OC)C(=O)OCC(=O)OCCCC. The van der Waals surface area contributed by atoms with E-state index in [2.05, 4.69) is 16.1 Å². The number of rotatable bonds is 8. The van der Waals surface area contributed by atoms with Gasteiger partial charge in [0.1, 0.15) is 0 Å². The standard InChI is InChI=1S/C12H18O6/c1-4-5-6-17-11(14)8-18-12(15)9(2)7-10(13)16-3/h2,4-8H2,1,3H3. The quantitative estimate of drug-likeness (QED) is 0.279. The minimum Gasteiger partial charge on any atom is -0.469 e. The van der Waals surface area contributed by atoms with Crippen LogP contribution in [0.1, 0.15) is 26.2 Å². The molecule has 0 aromatic carbocycles. The van der Waals surface area contributed by atoms with Crippen molar-refractivity contribution in [2.75, 3.05) is 20.3 Å². The summed E-state index contributed by atoms with van der Waals surface area (Å²) in [6.45, 7) is 5.15. The largest absolute Gasteiger partial charge is 0.469 e. The molecule has 0 radical (unpaired) electrons. The molecule has 6 nitrogen and oxygen atoms in total. The molecule has 0 aromatic rings. The Balaban J connectivity index is 3.85. The van der Waals surface area contributed by atoms with Gasteiger partial charge in [0.2, 0.25) is 0 Å². The van der Waals surface area contributed by atoms with Crippen LogP contribution in [0.4, 0.5) is 0 Å². The van der Waals surface area contributed by atoms with Crippen molar-refractivity contribution in [3.8, 4) is 0 Å². The molecule has 0 saturated heterocycles. The van der Waals surface area contributed by atoms with E-state index < -0.39 is 24.5 Å². The van der Waals surface area contributed by atoms with E-state index in [0.717, 1.165) is 12.8 Å². The molecule has 0 heterocycles. The van der Waals surface area contributed by atoms with E-state index in [0.29, 0.717) is 6.61 Å². The molecule has 0 aromatic heterocycles. The summed E-state index contributed by atoms with van der Waals surface area (Å²) in [5.74, 6) is -2.03. The molecule has 0 aliphatic rings. The normalized spacial score (nSPS) is 9.44. The smallest absolute Gasteiger partial charge is 0.344 e. The molecule has 6 heteroatoms. The Morgan fingerprint density at radius 1 is 1.11 bits per heavy atom. The van der Waals surface area contributed by atoms with Crippen molar-refractivity contribution >= 4 is 17.9 Å². The molecule has 0 fully saturated rings. The van der Waals surface area contributed by atoms with Gasteiger partial charge in [-0.2, -0.15) is 0 Å². The van der Waals surface area contributed by atoms with Crippen LogP contribution in [0, 0.1) is 0 Å². The minimum atomic E-state index is -0.812. The van der Waals surface area contributed by atoms with Crippen LogP contribution in [0.25, 0.3) is 0 Å². The van der Waals surface area contributed by atoms with Crippen LogP contribution < -0.4 is 0 Å². The Kier molecular flexibility index (Phi) is 8.26. The van der Waals surface area contributed by atoms with Crippen molar-refractivity contribution in [3.05, 3.63) is 12.2 Å². The average molecular weight is 258 g/mol. The fourth-order valence-electron chi connectivity index (χ4n) is 0.917. The second-order valence-electron chi connectivity index (χ2n) is 3.51. The maximum Gasteiger partial charge on any atom is 0.344 e.